The van der Waals surface area contributed by atoms with Crippen LogP contribution in [0.5, 0.6) is 0 Å². The predicted molar refractivity (Wildman–Crippen MR) is 71.5 cm³/mol. The van der Waals surface area contributed by atoms with E-state index in [9.17, 15) is 4.79 Å². The van der Waals surface area contributed by atoms with Gasteiger partial charge in [-0.15, -0.1) is 0 Å². The van der Waals surface area contributed by atoms with E-state index >= 15 is 0 Å². The van der Waals surface area contributed by atoms with E-state index in [2.05, 4.69) is 33.9 Å². The van der Waals surface area contributed by atoms with Crippen molar-refractivity contribution in [3.63, 3.8) is 0 Å². The number of hydrogen-bond donors (Lipinski definition) is 0. The van der Waals surface area contributed by atoms with E-state index in [0.29, 0.717) is 12.5 Å². The molecule has 0 aromatic heterocycles. The molecule has 0 aromatic carbocycles. The molecule has 0 spiro atoms. The molecule has 0 amide bonds. The molecule has 0 saturated heterocycles. The minimum atomic E-state index is -1.07. The SMILES string of the molecule is COC(=O)C1(CO[SiH](C)C)CC(C(C)(C)C)C1. The third-order valence-corrected chi connectivity index (χ3v) is 4.64. The molecule has 0 aliphatic heterocycles. The topological polar surface area (TPSA) is 35.5 Å². The first-order valence-corrected chi connectivity index (χ1v) is 9.19. The lowest BCUT2D eigenvalue weighted by Gasteiger charge is -2.50. The number of carbonyl (C=O) groups is 1. The number of hydrogen-bond acceptors (Lipinski definition) is 3. The molecule has 4 heteroatoms. The van der Waals surface area contributed by atoms with Crippen LogP contribution in [0.25, 0.3) is 0 Å². The highest BCUT2D eigenvalue weighted by Gasteiger charge is 2.54. The fourth-order valence-electron chi connectivity index (χ4n) is 2.38. The maximum absolute atomic E-state index is 11.9. The van der Waals surface area contributed by atoms with Gasteiger partial charge in [0.05, 0.1) is 12.5 Å². The van der Waals surface area contributed by atoms with Gasteiger partial charge in [0, 0.05) is 6.61 Å². The predicted octanol–water partition coefficient (Wildman–Crippen LogP) is 2.60. The lowest BCUT2D eigenvalue weighted by Crippen LogP contribution is -2.52. The average molecular weight is 258 g/mol. The first-order chi connectivity index (χ1) is 7.71. The zero-order chi connectivity index (χ0) is 13.3. The molecule has 0 radical (unpaired) electrons. The van der Waals surface area contributed by atoms with E-state index in [4.69, 9.17) is 9.16 Å². The lowest BCUT2D eigenvalue weighted by molar-refractivity contribution is -0.169. The van der Waals surface area contributed by atoms with Crippen LogP contribution in [0, 0.1) is 16.7 Å². The largest absolute Gasteiger partial charge is 0.469 e. The summed E-state index contributed by atoms with van der Waals surface area (Å²) in [6.07, 6.45) is 1.81. The maximum Gasteiger partial charge on any atom is 0.314 e. The van der Waals surface area contributed by atoms with E-state index in [1.54, 1.807) is 0 Å². The summed E-state index contributed by atoms with van der Waals surface area (Å²) in [6.45, 7) is 11.5. The summed E-state index contributed by atoms with van der Waals surface area (Å²) in [5.74, 6) is 0.506. The lowest BCUT2D eigenvalue weighted by atomic mass is 9.55. The van der Waals surface area contributed by atoms with Crippen LogP contribution < -0.4 is 0 Å². The van der Waals surface area contributed by atoms with Gasteiger partial charge in [-0.2, -0.15) is 0 Å². The highest BCUT2D eigenvalue weighted by molar-refractivity contribution is 6.48. The Kier molecular flexibility index (Phi) is 4.41. The quantitative estimate of drug-likeness (QED) is 0.574. The Morgan fingerprint density at radius 2 is 1.88 bits per heavy atom. The first kappa shape index (κ1) is 14.7. The molecule has 1 aliphatic rings. The molecule has 0 unspecified atom stereocenters. The number of esters is 1. The third-order valence-electron chi connectivity index (χ3n) is 3.81. The van der Waals surface area contributed by atoms with Crippen molar-refractivity contribution in [2.45, 2.75) is 46.7 Å². The molecule has 1 aliphatic carbocycles. The van der Waals surface area contributed by atoms with Crippen LogP contribution in [-0.2, 0) is 14.0 Å². The Morgan fingerprint density at radius 1 is 1.35 bits per heavy atom. The summed E-state index contributed by atoms with van der Waals surface area (Å²) >= 11 is 0. The van der Waals surface area contributed by atoms with Crippen molar-refractivity contribution in [2.24, 2.45) is 16.7 Å². The van der Waals surface area contributed by atoms with Crippen LogP contribution in [0.4, 0.5) is 0 Å². The Balaban J connectivity index is 2.64. The fourth-order valence-corrected chi connectivity index (χ4v) is 3.03. The van der Waals surface area contributed by atoms with Gasteiger partial charge in [0.25, 0.3) is 0 Å². The molecule has 0 atom stereocenters. The highest BCUT2D eigenvalue weighted by Crippen LogP contribution is 2.53. The normalized spacial score (nSPS) is 29.0. The standard InChI is InChI=1S/C13H26O3Si/c1-12(2,3)10-7-13(8-10,11(14)15-4)9-16-17(5)6/h10,17H,7-9H2,1-6H3. The molecule has 1 rings (SSSR count). The van der Waals surface area contributed by atoms with Gasteiger partial charge in [0.15, 0.2) is 9.04 Å². The van der Waals surface area contributed by atoms with Gasteiger partial charge >= 0.3 is 5.97 Å². The highest BCUT2D eigenvalue weighted by atomic mass is 28.3. The van der Waals surface area contributed by atoms with E-state index in [-0.39, 0.29) is 16.8 Å². The summed E-state index contributed by atoms with van der Waals surface area (Å²) < 4.78 is 10.7. The fraction of sp³-hybridized carbons (Fsp3) is 0.923. The maximum atomic E-state index is 11.9. The van der Waals surface area contributed by atoms with Crippen molar-refractivity contribution in [1.82, 2.24) is 0 Å². The van der Waals surface area contributed by atoms with Crippen molar-refractivity contribution in [1.29, 1.82) is 0 Å². The number of methoxy groups -OCH3 is 1. The second-order valence-electron chi connectivity index (χ2n) is 6.60. The molecular weight excluding hydrogens is 232 g/mol. The van der Waals surface area contributed by atoms with Crippen molar-refractivity contribution in [3.8, 4) is 0 Å². The summed E-state index contributed by atoms with van der Waals surface area (Å²) in [5, 5.41) is 0. The second-order valence-corrected chi connectivity index (χ2v) is 9.03. The number of ether oxygens (including phenoxy) is 1. The minimum absolute atomic E-state index is 0.0901. The Labute approximate surface area is 107 Å². The summed E-state index contributed by atoms with van der Waals surface area (Å²) in [7, 11) is 0.401. The monoisotopic (exact) mass is 258 g/mol. The van der Waals surface area contributed by atoms with E-state index in [1.165, 1.54) is 7.11 Å². The Bertz CT molecular complexity index is 275. The Morgan fingerprint density at radius 3 is 2.24 bits per heavy atom. The van der Waals surface area contributed by atoms with Crippen LogP contribution in [0.2, 0.25) is 13.1 Å². The minimum Gasteiger partial charge on any atom is -0.469 e. The van der Waals surface area contributed by atoms with Gasteiger partial charge in [-0.3, -0.25) is 4.79 Å². The molecule has 0 heterocycles. The van der Waals surface area contributed by atoms with Gasteiger partial charge in [0.2, 0.25) is 0 Å². The van der Waals surface area contributed by atoms with Crippen molar-refractivity contribution in [2.75, 3.05) is 13.7 Å². The molecule has 0 N–H and O–H groups in total. The van der Waals surface area contributed by atoms with Crippen molar-refractivity contribution < 1.29 is 14.0 Å². The number of carbonyl (C=O) groups excluding carboxylic acids is 1. The zero-order valence-corrected chi connectivity index (χ0v) is 13.2. The summed E-state index contributed by atoms with van der Waals surface area (Å²) in [4.78, 5) is 11.9. The van der Waals surface area contributed by atoms with Crippen LogP contribution in [0.15, 0.2) is 0 Å². The Hall–Kier alpha value is -0.353. The van der Waals surface area contributed by atoms with Crippen LogP contribution >= 0.6 is 0 Å². The van der Waals surface area contributed by atoms with Crippen LogP contribution in [0.1, 0.15) is 33.6 Å². The van der Waals surface area contributed by atoms with Gasteiger partial charge < -0.3 is 9.16 Å². The molecule has 3 nitrogen and oxygen atoms in total. The molecule has 0 aromatic rings. The molecule has 100 valence electrons. The van der Waals surface area contributed by atoms with Gasteiger partial charge in [-0.05, 0) is 37.3 Å². The first-order valence-electron chi connectivity index (χ1n) is 6.41. The van der Waals surface area contributed by atoms with Crippen molar-refractivity contribution >= 4 is 15.0 Å². The molecule has 17 heavy (non-hydrogen) atoms. The molecular formula is C13H26O3Si. The van der Waals surface area contributed by atoms with Gasteiger partial charge in [0.1, 0.15) is 0 Å². The van der Waals surface area contributed by atoms with Gasteiger partial charge in [-0.25, -0.2) is 0 Å². The van der Waals surface area contributed by atoms with E-state index < -0.39 is 9.04 Å². The molecule has 1 saturated carbocycles. The van der Waals surface area contributed by atoms with E-state index in [1.807, 2.05) is 0 Å². The summed E-state index contributed by atoms with van der Waals surface area (Å²) in [5.41, 5.74) is -0.0866. The van der Waals surface area contributed by atoms with Crippen LogP contribution in [0.3, 0.4) is 0 Å². The number of rotatable bonds is 4. The zero-order valence-electron chi connectivity index (χ0n) is 12.0. The summed E-state index contributed by atoms with van der Waals surface area (Å²) in [6, 6.07) is 0. The second kappa shape index (κ2) is 5.10. The van der Waals surface area contributed by atoms with Crippen molar-refractivity contribution in [3.05, 3.63) is 0 Å². The smallest absolute Gasteiger partial charge is 0.314 e. The van der Waals surface area contributed by atoms with Crippen LogP contribution in [-0.4, -0.2) is 28.7 Å². The molecule has 0 bridgehead atoms. The average Bonchev–Trinajstić information content (AvgIpc) is 2.12. The van der Waals surface area contributed by atoms with Gasteiger partial charge in [-0.1, -0.05) is 20.8 Å². The van der Waals surface area contributed by atoms with E-state index in [0.717, 1.165) is 12.8 Å². The third kappa shape index (κ3) is 3.32. The molecule has 1 fully saturated rings.